The van der Waals surface area contributed by atoms with Gasteiger partial charge in [0.05, 0.1) is 4.90 Å². The summed E-state index contributed by atoms with van der Waals surface area (Å²) >= 11 is 5.59. The molecular weight excluding hydrogens is 418 g/mol. The van der Waals surface area contributed by atoms with Crippen LogP contribution < -0.4 is 15.4 Å². The smallest absolute Gasteiger partial charge is 0.264 e. The maximum absolute atomic E-state index is 12.5. The summed E-state index contributed by atoms with van der Waals surface area (Å²) in [6.45, 7) is 0. The Morgan fingerprint density at radius 1 is 0.967 bits per heavy atom. The molecule has 4 bridgehead atoms. The van der Waals surface area contributed by atoms with E-state index in [0.717, 1.165) is 23.4 Å². The van der Waals surface area contributed by atoms with Crippen molar-refractivity contribution in [2.45, 2.75) is 49.0 Å². The maximum atomic E-state index is 12.5. The highest BCUT2D eigenvalue weighted by molar-refractivity contribution is 7.92. The summed E-state index contributed by atoms with van der Waals surface area (Å²) in [5.74, 6) is 2.58. The van der Waals surface area contributed by atoms with Gasteiger partial charge in [-0.1, -0.05) is 0 Å². The predicted octanol–water partition coefficient (Wildman–Crippen LogP) is 3.53. The van der Waals surface area contributed by atoms with Gasteiger partial charge in [0.2, 0.25) is 5.95 Å². The van der Waals surface area contributed by atoms with E-state index in [-0.39, 0.29) is 16.4 Å². The molecule has 4 aliphatic rings. The fraction of sp³-hybridized carbons (Fsp3) is 0.476. The molecule has 30 heavy (non-hydrogen) atoms. The lowest BCUT2D eigenvalue weighted by molar-refractivity contribution is -0.00972. The number of benzene rings is 1. The highest BCUT2D eigenvalue weighted by Crippen LogP contribution is 2.55. The third-order valence-electron chi connectivity index (χ3n) is 6.63. The van der Waals surface area contributed by atoms with Crippen molar-refractivity contribution in [3.05, 3.63) is 42.7 Å². The van der Waals surface area contributed by atoms with Crippen LogP contribution in [0.3, 0.4) is 0 Å². The number of anilines is 2. The predicted molar refractivity (Wildman–Crippen MR) is 120 cm³/mol. The Morgan fingerprint density at radius 2 is 1.53 bits per heavy atom. The lowest BCUT2D eigenvalue weighted by Crippen LogP contribution is -2.60. The molecule has 1 heterocycles. The van der Waals surface area contributed by atoms with Gasteiger partial charge in [0, 0.05) is 23.6 Å². The van der Waals surface area contributed by atoms with Crippen LogP contribution in [0, 0.1) is 17.8 Å². The van der Waals surface area contributed by atoms with E-state index in [2.05, 4.69) is 25.3 Å². The number of hydrogen-bond acceptors (Lipinski definition) is 5. The zero-order chi connectivity index (χ0) is 20.8. The molecule has 158 valence electrons. The van der Waals surface area contributed by atoms with Gasteiger partial charge < -0.3 is 10.6 Å². The molecule has 6 rings (SSSR count). The van der Waals surface area contributed by atoms with Crippen LogP contribution in [0.4, 0.5) is 11.6 Å². The van der Waals surface area contributed by atoms with E-state index in [1.54, 1.807) is 30.3 Å². The molecule has 1 aromatic carbocycles. The van der Waals surface area contributed by atoms with Crippen LogP contribution in [0.1, 0.15) is 38.5 Å². The first-order valence-electron chi connectivity index (χ1n) is 10.4. The highest BCUT2D eigenvalue weighted by atomic mass is 32.2. The highest BCUT2D eigenvalue weighted by Gasteiger charge is 2.51. The first kappa shape index (κ1) is 19.7. The number of sulfonamides is 1. The van der Waals surface area contributed by atoms with Gasteiger partial charge in [-0.2, -0.15) is 0 Å². The summed E-state index contributed by atoms with van der Waals surface area (Å²) in [4.78, 5) is 7.93. The molecule has 0 radical (unpaired) electrons. The van der Waals surface area contributed by atoms with Gasteiger partial charge >= 0.3 is 0 Å². The fourth-order valence-electron chi connectivity index (χ4n) is 5.92. The molecule has 7 nitrogen and oxygen atoms in total. The van der Waals surface area contributed by atoms with E-state index in [0.29, 0.717) is 5.11 Å². The van der Waals surface area contributed by atoms with Crippen molar-refractivity contribution >= 4 is 39.0 Å². The van der Waals surface area contributed by atoms with Crippen LogP contribution in [0.5, 0.6) is 0 Å². The van der Waals surface area contributed by atoms with Crippen LogP contribution in [0.2, 0.25) is 0 Å². The van der Waals surface area contributed by atoms with Gasteiger partial charge in [-0.15, -0.1) is 0 Å². The molecule has 9 heteroatoms. The van der Waals surface area contributed by atoms with E-state index < -0.39 is 10.0 Å². The van der Waals surface area contributed by atoms with E-state index in [4.69, 9.17) is 12.2 Å². The number of thiocarbonyl (C=S) groups is 1. The van der Waals surface area contributed by atoms with Crippen LogP contribution in [0.15, 0.2) is 47.6 Å². The number of rotatable bonds is 5. The second-order valence-electron chi connectivity index (χ2n) is 8.98. The average molecular weight is 444 g/mol. The third kappa shape index (κ3) is 4.00. The summed E-state index contributed by atoms with van der Waals surface area (Å²) < 4.78 is 27.4. The second-order valence-corrected chi connectivity index (χ2v) is 11.1. The molecule has 4 saturated carbocycles. The molecule has 0 spiro atoms. The Bertz CT molecular complexity index is 1010. The van der Waals surface area contributed by atoms with E-state index >= 15 is 0 Å². The van der Waals surface area contributed by atoms with E-state index in [1.165, 1.54) is 50.9 Å². The molecule has 0 atom stereocenters. The number of aromatic nitrogens is 2. The standard InChI is InChI=1S/C21H25N5O2S2/c27-30(28,26-19-22-6-1-7-23-19)18-4-2-17(3-5-18)24-20(29)25-21-11-14-8-15(12-21)10-16(9-14)13-21/h1-7,14-16H,8-13H2,(H,22,23,26)(H2,24,25,29). The molecule has 1 aromatic heterocycles. The van der Waals surface area contributed by atoms with Crippen molar-refractivity contribution in [2.24, 2.45) is 17.8 Å². The summed E-state index contributed by atoms with van der Waals surface area (Å²) in [5.41, 5.74) is 0.897. The molecule has 2 aromatic rings. The van der Waals surface area contributed by atoms with Crippen LogP contribution >= 0.6 is 12.2 Å². The van der Waals surface area contributed by atoms with E-state index in [1.807, 2.05) is 0 Å². The summed E-state index contributed by atoms with van der Waals surface area (Å²) in [6, 6.07) is 8.14. The first-order chi connectivity index (χ1) is 14.4. The van der Waals surface area contributed by atoms with E-state index in [9.17, 15) is 8.42 Å². The molecule has 4 fully saturated rings. The van der Waals surface area contributed by atoms with Crippen molar-refractivity contribution < 1.29 is 8.42 Å². The van der Waals surface area contributed by atoms with Crippen molar-refractivity contribution in [1.29, 1.82) is 0 Å². The van der Waals surface area contributed by atoms with Gasteiger partial charge in [-0.3, -0.25) is 0 Å². The largest absolute Gasteiger partial charge is 0.357 e. The normalized spacial score (nSPS) is 29.4. The minimum Gasteiger partial charge on any atom is -0.357 e. The average Bonchev–Trinajstić information content (AvgIpc) is 2.67. The van der Waals surface area contributed by atoms with Gasteiger partial charge in [-0.05, 0) is 98.8 Å². The van der Waals surface area contributed by atoms with Crippen molar-refractivity contribution in [3.63, 3.8) is 0 Å². The Hall–Kier alpha value is -2.26. The summed E-state index contributed by atoms with van der Waals surface area (Å²) in [5, 5.41) is 7.46. The molecule has 0 aliphatic heterocycles. The quantitative estimate of drug-likeness (QED) is 0.608. The minimum absolute atomic E-state index is 0.0423. The lowest BCUT2D eigenvalue weighted by atomic mass is 9.53. The molecular formula is C21H25N5O2S2. The fourth-order valence-corrected chi connectivity index (χ4v) is 7.21. The second kappa shape index (κ2) is 7.46. The summed E-state index contributed by atoms with van der Waals surface area (Å²) in [6.07, 6.45) is 10.8. The van der Waals surface area contributed by atoms with Crippen LogP contribution in [-0.4, -0.2) is 29.0 Å². The zero-order valence-electron chi connectivity index (χ0n) is 16.5. The van der Waals surface area contributed by atoms with Crippen LogP contribution in [0.25, 0.3) is 0 Å². The molecule has 0 unspecified atom stereocenters. The van der Waals surface area contributed by atoms with Gasteiger partial charge in [0.15, 0.2) is 5.11 Å². The maximum Gasteiger partial charge on any atom is 0.264 e. The number of nitrogens with one attached hydrogen (secondary N) is 3. The SMILES string of the molecule is O=S(=O)(Nc1ncccn1)c1ccc(NC(=S)NC23CC4CC(CC(C4)C2)C3)cc1. The van der Waals surface area contributed by atoms with Crippen molar-refractivity contribution in [1.82, 2.24) is 15.3 Å². The lowest BCUT2D eigenvalue weighted by Gasteiger charge is -2.57. The number of nitrogens with zero attached hydrogens (tertiary/aromatic N) is 2. The van der Waals surface area contributed by atoms with Gasteiger partial charge in [-0.25, -0.2) is 23.1 Å². The molecule has 3 N–H and O–H groups in total. The minimum atomic E-state index is -3.75. The van der Waals surface area contributed by atoms with Crippen molar-refractivity contribution in [2.75, 3.05) is 10.0 Å². The van der Waals surface area contributed by atoms with Crippen LogP contribution in [-0.2, 0) is 10.0 Å². The zero-order valence-corrected chi connectivity index (χ0v) is 18.2. The van der Waals surface area contributed by atoms with Gasteiger partial charge in [0.25, 0.3) is 10.0 Å². The molecule has 0 saturated heterocycles. The van der Waals surface area contributed by atoms with Gasteiger partial charge in [0.1, 0.15) is 0 Å². The topological polar surface area (TPSA) is 96.0 Å². The Kier molecular flexibility index (Phi) is 4.89. The summed E-state index contributed by atoms with van der Waals surface area (Å²) in [7, 11) is -3.75. The molecule has 0 amide bonds. The Morgan fingerprint density at radius 3 is 2.10 bits per heavy atom. The monoisotopic (exact) mass is 443 g/mol. The third-order valence-corrected chi connectivity index (χ3v) is 8.18. The Balaban J connectivity index is 1.22. The first-order valence-corrected chi connectivity index (χ1v) is 12.3. The van der Waals surface area contributed by atoms with Crippen molar-refractivity contribution in [3.8, 4) is 0 Å². The number of hydrogen-bond donors (Lipinski definition) is 3. The molecule has 4 aliphatic carbocycles. The Labute approximate surface area is 182 Å².